The summed E-state index contributed by atoms with van der Waals surface area (Å²) in [5.74, 6) is -1.60. The number of benzene rings is 1. The smallest absolute Gasteiger partial charge is 0.319 e. The predicted octanol–water partition coefficient (Wildman–Crippen LogP) is 1.33. The van der Waals surface area contributed by atoms with Gasteiger partial charge in [-0.3, -0.25) is 4.90 Å². The molecule has 0 aromatic heterocycles. The van der Waals surface area contributed by atoms with Gasteiger partial charge in [0.15, 0.2) is 0 Å². The van der Waals surface area contributed by atoms with Gasteiger partial charge in [0.1, 0.15) is 17.7 Å². The average molecular weight is 385 g/mol. The third kappa shape index (κ3) is 4.92. The molecule has 9 heteroatoms. The molecule has 4 atom stereocenters. The van der Waals surface area contributed by atoms with E-state index in [4.69, 9.17) is 9.47 Å². The second kappa shape index (κ2) is 8.92. The SMILES string of the molecule is COC[C@H]1CCCN1C[C@@H]1OC[C@H](NC(=O)Nc2ccc(F)cc2F)[C@H]1O. The van der Waals surface area contributed by atoms with Gasteiger partial charge in [-0.05, 0) is 31.5 Å². The minimum absolute atomic E-state index is 0.140. The minimum Gasteiger partial charge on any atom is -0.388 e. The lowest BCUT2D eigenvalue weighted by Gasteiger charge is -2.28. The van der Waals surface area contributed by atoms with Gasteiger partial charge in [-0.25, -0.2) is 13.6 Å². The first-order valence-electron chi connectivity index (χ1n) is 9.03. The van der Waals surface area contributed by atoms with Crippen LogP contribution in [0.15, 0.2) is 18.2 Å². The van der Waals surface area contributed by atoms with Crippen LogP contribution in [0.2, 0.25) is 0 Å². The minimum atomic E-state index is -0.877. The molecule has 0 unspecified atom stereocenters. The molecule has 0 aliphatic carbocycles. The lowest BCUT2D eigenvalue weighted by Crippen LogP contribution is -2.48. The molecule has 0 saturated carbocycles. The van der Waals surface area contributed by atoms with Gasteiger partial charge in [-0.1, -0.05) is 0 Å². The lowest BCUT2D eigenvalue weighted by atomic mass is 10.1. The standard InChI is InChI=1S/C18H25F2N3O4/c1-26-9-12-3-2-6-23(12)8-16-17(24)15(10-27-16)22-18(25)21-14-5-4-11(19)7-13(14)20/h4-5,7,12,15-17,24H,2-3,6,8-10H2,1H3,(H2,21,22,25)/t12-,15+,16+,17-/m1/s1. The molecule has 0 bridgehead atoms. The summed E-state index contributed by atoms with van der Waals surface area (Å²) >= 11 is 0. The van der Waals surface area contributed by atoms with Crippen molar-refractivity contribution >= 4 is 11.7 Å². The highest BCUT2D eigenvalue weighted by Crippen LogP contribution is 2.22. The number of nitrogens with one attached hydrogen (secondary N) is 2. The van der Waals surface area contributed by atoms with Gasteiger partial charge >= 0.3 is 6.03 Å². The largest absolute Gasteiger partial charge is 0.388 e. The van der Waals surface area contributed by atoms with Crippen LogP contribution in [0.1, 0.15) is 12.8 Å². The number of aliphatic hydroxyl groups excluding tert-OH is 1. The summed E-state index contributed by atoms with van der Waals surface area (Å²) < 4.78 is 37.4. The zero-order chi connectivity index (χ0) is 19.4. The van der Waals surface area contributed by atoms with Gasteiger partial charge in [0.2, 0.25) is 0 Å². The number of carbonyl (C=O) groups excluding carboxylic acids is 1. The number of halogens is 2. The molecule has 3 rings (SSSR count). The van der Waals surface area contributed by atoms with Crippen LogP contribution < -0.4 is 10.6 Å². The molecule has 1 aromatic rings. The van der Waals surface area contributed by atoms with Crippen LogP contribution in [0.5, 0.6) is 0 Å². The number of anilines is 1. The number of amides is 2. The van der Waals surface area contributed by atoms with Crippen LogP contribution >= 0.6 is 0 Å². The van der Waals surface area contributed by atoms with E-state index < -0.39 is 35.9 Å². The van der Waals surface area contributed by atoms with Crippen molar-refractivity contribution < 1.29 is 28.2 Å². The normalized spacial score (nSPS) is 28.4. The summed E-state index contributed by atoms with van der Waals surface area (Å²) in [5, 5.41) is 15.4. The summed E-state index contributed by atoms with van der Waals surface area (Å²) in [5.41, 5.74) is -0.140. The Kier molecular flexibility index (Phi) is 6.59. The summed E-state index contributed by atoms with van der Waals surface area (Å²) in [6.07, 6.45) is 0.821. The molecule has 2 heterocycles. The number of ether oxygens (including phenoxy) is 2. The Morgan fingerprint density at radius 2 is 2.26 bits per heavy atom. The molecule has 0 radical (unpaired) electrons. The molecule has 3 N–H and O–H groups in total. The van der Waals surface area contributed by atoms with Crippen molar-refractivity contribution in [3.8, 4) is 0 Å². The fourth-order valence-electron chi connectivity index (χ4n) is 3.64. The van der Waals surface area contributed by atoms with E-state index in [0.717, 1.165) is 31.5 Å². The van der Waals surface area contributed by atoms with Crippen LogP contribution in [0.3, 0.4) is 0 Å². The predicted molar refractivity (Wildman–Crippen MR) is 94.5 cm³/mol. The van der Waals surface area contributed by atoms with E-state index in [9.17, 15) is 18.7 Å². The van der Waals surface area contributed by atoms with Crippen LogP contribution in [0.4, 0.5) is 19.3 Å². The highest BCUT2D eigenvalue weighted by atomic mass is 19.1. The fraction of sp³-hybridized carbons (Fsp3) is 0.611. The van der Waals surface area contributed by atoms with Gasteiger partial charge in [0.25, 0.3) is 0 Å². The van der Waals surface area contributed by atoms with Crippen molar-refractivity contribution in [3.05, 3.63) is 29.8 Å². The molecule has 27 heavy (non-hydrogen) atoms. The second-order valence-corrected chi connectivity index (χ2v) is 6.94. The molecule has 1 aromatic carbocycles. The Hall–Kier alpha value is -1.81. The highest BCUT2D eigenvalue weighted by molar-refractivity contribution is 5.89. The quantitative estimate of drug-likeness (QED) is 0.688. The maximum absolute atomic E-state index is 13.6. The number of rotatable bonds is 6. The Morgan fingerprint density at radius 1 is 1.44 bits per heavy atom. The topological polar surface area (TPSA) is 83.1 Å². The zero-order valence-corrected chi connectivity index (χ0v) is 15.2. The van der Waals surface area contributed by atoms with Crippen LogP contribution in [0, 0.1) is 11.6 Å². The lowest BCUT2D eigenvalue weighted by molar-refractivity contribution is 0.00472. The first-order chi connectivity index (χ1) is 13.0. The van der Waals surface area contributed by atoms with Gasteiger partial charge in [-0.2, -0.15) is 0 Å². The number of likely N-dealkylation sites (tertiary alicyclic amines) is 1. The summed E-state index contributed by atoms with van der Waals surface area (Å²) in [6, 6.07) is 1.88. The van der Waals surface area contributed by atoms with Crippen LogP contribution in [-0.4, -0.2) is 73.7 Å². The number of methoxy groups -OCH3 is 1. The number of aliphatic hydroxyl groups is 1. The molecule has 2 fully saturated rings. The van der Waals surface area contributed by atoms with Crippen molar-refractivity contribution in [1.82, 2.24) is 10.2 Å². The van der Waals surface area contributed by atoms with Crippen LogP contribution in [0.25, 0.3) is 0 Å². The molecule has 7 nitrogen and oxygen atoms in total. The first-order valence-corrected chi connectivity index (χ1v) is 9.03. The Morgan fingerprint density at radius 3 is 3.00 bits per heavy atom. The van der Waals surface area contributed by atoms with E-state index in [1.807, 2.05) is 0 Å². The van der Waals surface area contributed by atoms with Gasteiger partial charge in [-0.15, -0.1) is 0 Å². The maximum atomic E-state index is 13.6. The third-order valence-electron chi connectivity index (χ3n) is 5.05. The van der Waals surface area contributed by atoms with E-state index in [0.29, 0.717) is 25.3 Å². The Balaban J connectivity index is 1.50. The van der Waals surface area contributed by atoms with Crippen LogP contribution in [-0.2, 0) is 9.47 Å². The summed E-state index contributed by atoms with van der Waals surface area (Å²) in [4.78, 5) is 14.3. The Labute approximate surface area is 156 Å². The molecule has 2 amide bonds. The Bertz CT molecular complexity index is 663. The molecule has 2 aliphatic rings. The average Bonchev–Trinajstić information content (AvgIpc) is 3.20. The van der Waals surface area contributed by atoms with Crippen molar-refractivity contribution in [1.29, 1.82) is 0 Å². The van der Waals surface area contributed by atoms with Gasteiger partial charge < -0.3 is 25.2 Å². The number of hydrogen-bond acceptors (Lipinski definition) is 5. The van der Waals surface area contributed by atoms with Gasteiger partial charge in [0, 0.05) is 25.8 Å². The van der Waals surface area contributed by atoms with Crippen molar-refractivity contribution in [2.45, 2.75) is 37.1 Å². The van der Waals surface area contributed by atoms with E-state index in [2.05, 4.69) is 15.5 Å². The van der Waals surface area contributed by atoms with E-state index in [-0.39, 0.29) is 12.3 Å². The number of hydrogen-bond donors (Lipinski definition) is 3. The van der Waals surface area contributed by atoms with Crippen molar-refractivity contribution in [2.75, 3.05) is 38.7 Å². The van der Waals surface area contributed by atoms with E-state index in [1.54, 1.807) is 7.11 Å². The molecule has 2 aliphatic heterocycles. The number of nitrogens with zero attached hydrogens (tertiary/aromatic N) is 1. The molecular formula is C18H25F2N3O4. The summed E-state index contributed by atoms with van der Waals surface area (Å²) in [7, 11) is 1.67. The molecule has 2 saturated heterocycles. The van der Waals surface area contributed by atoms with E-state index >= 15 is 0 Å². The number of urea groups is 1. The first kappa shape index (κ1) is 19.9. The highest BCUT2D eigenvalue weighted by Gasteiger charge is 2.39. The third-order valence-corrected chi connectivity index (χ3v) is 5.05. The fourth-order valence-corrected chi connectivity index (χ4v) is 3.64. The second-order valence-electron chi connectivity index (χ2n) is 6.94. The zero-order valence-electron chi connectivity index (χ0n) is 15.2. The molecule has 150 valence electrons. The summed E-state index contributed by atoms with van der Waals surface area (Å²) in [6.45, 7) is 2.27. The van der Waals surface area contributed by atoms with E-state index in [1.165, 1.54) is 0 Å². The molecular weight excluding hydrogens is 360 g/mol. The molecule has 0 spiro atoms. The number of carbonyl (C=O) groups is 1. The van der Waals surface area contributed by atoms with Gasteiger partial charge in [0.05, 0.1) is 31.0 Å². The monoisotopic (exact) mass is 385 g/mol. The maximum Gasteiger partial charge on any atom is 0.319 e. The van der Waals surface area contributed by atoms with Crippen molar-refractivity contribution in [2.24, 2.45) is 0 Å². The van der Waals surface area contributed by atoms with Crippen molar-refractivity contribution in [3.63, 3.8) is 0 Å².